The SMILES string of the molecule is O=C(Cl)C=Cc1csc(-c2c(Cl)cccc2Cl)n1. The Kier molecular flexibility index (Phi) is 4.40. The maximum Gasteiger partial charge on any atom is 0.245 e. The molecule has 92 valence electrons. The van der Waals surface area contributed by atoms with Gasteiger partial charge < -0.3 is 0 Å². The van der Waals surface area contributed by atoms with E-state index in [1.54, 1.807) is 29.7 Å². The first-order chi connectivity index (χ1) is 8.58. The summed E-state index contributed by atoms with van der Waals surface area (Å²) in [5.41, 5.74) is 1.34. The molecule has 0 amide bonds. The predicted octanol–water partition coefficient (Wildman–Crippen LogP) is 4.90. The Morgan fingerprint density at radius 1 is 1.28 bits per heavy atom. The lowest BCUT2D eigenvalue weighted by molar-refractivity contribution is -0.107. The highest BCUT2D eigenvalue weighted by Gasteiger charge is 2.11. The Labute approximate surface area is 123 Å². The third kappa shape index (κ3) is 3.12. The number of hydrogen-bond donors (Lipinski definition) is 0. The van der Waals surface area contributed by atoms with Crippen molar-refractivity contribution in [2.45, 2.75) is 0 Å². The fraction of sp³-hybridized carbons (Fsp3) is 0. The number of halogens is 3. The van der Waals surface area contributed by atoms with E-state index in [1.807, 2.05) is 0 Å². The Hall–Kier alpha value is -0.870. The van der Waals surface area contributed by atoms with Crippen molar-refractivity contribution in [3.63, 3.8) is 0 Å². The molecule has 0 N–H and O–H groups in total. The summed E-state index contributed by atoms with van der Waals surface area (Å²) in [6, 6.07) is 5.28. The Balaban J connectivity index is 2.38. The van der Waals surface area contributed by atoms with Crippen LogP contribution in [0.5, 0.6) is 0 Å². The predicted molar refractivity (Wildman–Crippen MR) is 77.5 cm³/mol. The van der Waals surface area contributed by atoms with Gasteiger partial charge in [-0.2, -0.15) is 0 Å². The van der Waals surface area contributed by atoms with Crippen LogP contribution in [0.3, 0.4) is 0 Å². The molecule has 0 aliphatic heterocycles. The van der Waals surface area contributed by atoms with Crippen molar-refractivity contribution >= 4 is 57.5 Å². The van der Waals surface area contributed by atoms with Gasteiger partial charge in [0, 0.05) is 10.9 Å². The number of aromatic nitrogens is 1. The van der Waals surface area contributed by atoms with E-state index in [-0.39, 0.29) is 0 Å². The van der Waals surface area contributed by atoms with E-state index in [0.29, 0.717) is 26.3 Å². The monoisotopic (exact) mass is 317 g/mol. The van der Waals surface area contributed by atoms with Gasteiger partial charge in [-0.1, -0.05) is 29.3 Å². The molecule has 1 aromatic carbocycles. The second kappa shape index (κ2) is 5.85. The molecule has 0 bridgehead atoms. The third-order valence-electron chi connectivity index (χ3n) is 2.08. The summed E-state index contributed by atoms with van der Waals surface area (Å²) in [7, 11) is 0. The highest BCUT2D eigenvalue weighted by Crippen LogP contribution is 2.36. The summed E-state index contributed by atoms with van der Waals surface area (Å²) < 4.78 is 0. The fourth-order valence-electron chi connectivity index (χ4n) is 1.33. The van der Waals surface area contributed by atoms with Crippen LogP contribution in [-0.2, 0) is 4.79 Å². The van der Waals surface area contributed by atoms with Crippen LogP contribution in [-0.4, -0.2) is 10.2 Å². The number of carbonyl (C=O) groups excluding carboxylic acids is 1. The maximum absolute atomic E-state index is 10.6. The standard InChI is InChI=1S/C12H6Cl3NOS/c13-8-2-1-3-9(14)11(8)12-16-7(6-18-12)4-5-10(15)17/h1-6H. The average molecular weight is 319 g/mol. The summed E-state index contributed by atoms with van der Waals surface area (Å²) in [4.78, 5) is 14.9. The third-order valence-corrected chi connectivity index (χ3v) is 3.72. The zero-order valence-corrected chi connectivity index (χ0v) is 11.9. The van der Waals surface area contributed by atoms with Gasteiger partial charge in [0.15, 0.2) is 0 Å². The number of rotatable bonds is 3. The largest absolute Gasteiger partial charge is 0.276 e. The number of carbonyl (C=O) groups is 1. The van der Waals surface area contributed by atoms with Crippen LogP contribution >= 0.6 is 46.1 Å². The van der Waals surface area contributed by atoms with Gasteiger partial charge in [-0.15, -0.1) is 11.3 Å². The van der Waals surface area contributed by atoms with Gasteiger partial charge in [0.25, 0.3) is 0 Å². The lowest BCUT2D eigenvalue weighted by Crippen LogP contribution is -1.81. The van der Waals surface area contributed by atoms with Gasteiger partial charge in [0.2, 0.25) is 5.24 Å². The first-order valence-corrected chi connectivity index (χ1v) is 6.87. The highest BCUT2D eigenvalue weighted by atomic mass is 35.5. The van der Waals surface area contributed by atoms with Gasteiger partial charge in [0.05, 0.1) is 15.7 Å². The van der Waals surface area contributed by atoms with E-state index in [9.17, 15) is 4.79 Å². The Morgan fingerprint density at radius 2 is 1.94 bits per heavy atom. The number of allylic oxidation sites excluding steroid dienone is 1. The minimum absolute atomic E-state index is 0.541. The smallest absolute Gasteiger partial charge is 0.245 e. The quantitative estimate of drug-likeness (QED) is 0.595. The molecule has 2 rings (SSSR count). The average Bonchev–Trinajstić information content (AvgIpc) is 2.75. The molecule has 2 aromatic rings. The second-order valence-corrected chi connectivity index (χ2v) is 5.36. The minimum atomic E-state index is -0.541. The lowest BCUT2D eigenvalue weighted by Gasteiger charge is -2.02. The van der Waals surface area contributed by atoms with Gasteiger partial charge in [-0.3, -0.25) is 4.79 Å². The van der Waals surface area contributed by atoms with E-state index in [4.69, 9.17) is 34.8 Å². The van der Waals surface area contributed by atoms with Crippen LogP contribution < -0.4 is 0 Å². The molecule has 0 atom stereocenters. The lowest BCUT2D eigenvalue weighted by atomic mass is 10.2. The molecule has 0 saturated carbocycles. The molecule has 6 heteroatoms. The number of hydrogen-bond acceptors (Lipinski definition) is 3. The zero-order chi connectivity index (χ0) is 13.1. The molecule has 18 heavy (non-hydrogen) atoms. The van der Waals surface area contributed by atoms with Gasteiger partial charge in [-0.25, -0.2) is 4.98 Å². The summed E-state index contributed by atoms with van der Waals surface area (Å²) >= 11 is 18.8. The van der Waals surface area contributed by atoms with Crippen molar-refractivity contribution in [1.82, 2.24) is 4.98 Å². The van der Waals surface area contributed by atoms with Crippen molar-refractivity contribution in [1.29, 1.82) is 0 Å². The Bertz CT molecular complexity index is 601. The molecular formula is C12H6Cl3NOS. The molecule has 2 nitrogen and oxygen atoms in total. The molecular weight excluding hydrogens is 313 g/mol. The molecule has 0 radical (unpaired) electrons. The van der Waals surface area contributed by atoms with Crippen LogP contribution in [0.1, 0.15) is 5.69 Å². The summed E-state index contributed by atoms with van der Waals surface area (Å²) in [5, 5.41) is 3.04. The van der Waals surface area contributed by atoms with E-state index in [2.05, 4.69) is 4.98 Å². The maximum atomic E-state index is 10.6. The van der Waals surface area contributed by atoms with E-state index in [0.717, 1.165) is 0 Å². The summed E-state index contributed by atoms with van der Waals surface area (Å²) in [6.07, 6.45) is 2.79. The van der Waals surface area contributed by atoms with Crippen molar-refractivity contribution in [3.05, 3.63) is 45.4 Å². The van der Waals surface area contributed by atoms with Crippen LogP contribution in [0.15, 0.2) is 29.7 Å². The molecule has 0 saturated heterocycles. The first-order valence-electron chi connectivity index (χ1n) is 4.85. The first kappa shape index (κ1) is 13.6. The summed E-state index contributed by atoms with van der Waals surface area (Å²) in [5.74, 6) is 0. The van der Waals surface area contributed by atoms with Gasteiger partial charge >= 0.3 is 0 Å². The van der Waals surface area contributed by atoms with E-state index < -0.39 is 5.24 Å². The summed E-state index contributed by atoms with van der Waals surface area (Å²) in [6.45, 7) is 0. The topological polar surface area (TPSA) is 30.0 Å². The molecule has 0 aliphatic carbocycles. The number of thiazole rings is 1. The van der Waals surface area contributed by atoms with Crippen LogP contribution in [0.25, 0.3) is 16.6 Å². The van der Waals surface area contributed by atoms with Gasteiger partial charge in [0.1, 0.15) is 5.01 Å². The van der Waals surface area contributed by atoms with Gasteiger partial charge in [-0.05, 0) is 35.9 Å². The normalized spacial score (nSPS) is 11.1. The van der Waals surface area contributed by atoms with E-state index >= 15 is 0 Å². The van der Waals surface area contributed by atoms with Crippen molar-refractivity contribution in [3.8, 4) is 10.6 Å². The molecule has 1 heterocycles. The molecule has 0 spiro atoms. The zero-order valence-electron chi connectivity index (χ0n) is 8.86. The molecule has 0 fully saturated rings. The molecule has 0 unspecified atom stereocenters. The van der Waals surface area contributed by atoms with Crippen molar-refractivity contribution in [2.24, 2.45) is 0 Å². The highest BCUT2D eigenvalue weighted by molar-refractivity contribution is 7.13. The van der Waals surface area contributed by atoms with Crippen LogP contribution in [0.4, 0.5) is 0 Å². The van der Waals surface area contributed by atoms with Crippen molar-refractivity contribution in [2.75, 3.05) is 0 Å². The van der Waals surface area contributed by atoms with Crippen LogP contribution in [0, 0.1) is 0 Å². The van der Waals surface area contributed by atoms with Crippen molar-refractivity contribution < 1.29 is 4.79 Å². The fourth-order valence-corrected chi connectivity index (χ4v) is 2.94. The number of benzene rings is 1. The second-order valence-electron chi connectivity index (χ2n) is 3.31. The number of nitrogens with zero attached hydrogens (tertiary/aromatic N) is 1. The molecule has 0 aliphatic rings. The van der Waals surface area contributed by atoms with E-state index in [1.165, 1.54) is 17.4 Å². The van der Waals surface area contributed by atoms with Crippen LogP contribution in [0.2, 0.25) is 10.0 Å². The minimum Gasteiger partial charge on any atom is -0.276 e. The molecule has 1 aromatic heterocycles. The Morgan fingerprint density at radius 3 is 2.56 bits per heavy atom.